The predicted molar refractivity (Wildman–Crippen MR) is 41.1 cm³/mol. The lowest BCUT2D eigenvalue weighted by Gasteiger charge is -2.50. The van der Waals surface area contributed by atoms with Gasteiger partial charge in [0, 0.05) is 12.8 Å². The van der Waals surface area contributed by atoms with Crippen molar-refractivity contribution >= 4 is 0 Å². The van der Waals surface area contributed by atoms with Gasteiger partial charge >= 0.3 is 0 Å². The largest absolute Gasteiger partial charge is 0.393 e. The molecule has 0 bridgehead atoms. The van der Waals surface area contributed by atoms with Crippen LogP contribution in [0.1, 0.15) is 38.5 Å². The van der Waals surface area contributed by atoms with Crippen LogP contribution >= 0.6 is 0 Å². The van der Waals surface area contributed by atoms with Gasteiger partial charge in [0.2, 0.25) is 5.92 Å². The number of rotatable bonds is 0. The van der Waals surface area contributed by atoms with E-state index in [9.17, 15) is 13.9 Å². The highest BCUT2D eigenvalue weighted by atomic mass is 19.3. The number of halogens is 2. The van der Waals surface area contributed by atoms with E-state index in [1.807, 2.05) is 0 Å². The molecule has 2 aliphatic carbocycles. The van der Waals surface area contributed by atoms with Gasteiger partial charge in [0.1, 0.15) is 0 Å². The Labute approximate surface area is 70.8 Å². The quantitative estimate of drug-likeness (QED) is 0.600. The average molecular weight is 176 g/mol. The van der Waals surface area contributed by atoms with Gasteiger partial charge in [0.05, 0.1) is 6.10 Å². The van der Waals surface area contributed by atoms with Crippen molar-refractivity contribution in [3.05, 3.63) is 0 Å². The summed E-state index contributed by atoms with van der Waals surface area (Å²) in [5.74, 6) is -2.40. The Hall–Kier alpha value is -0.180. The lowest BCUT2D eigenvalue weighted by molar-refractivity contribution is -0.179. The van der Waals surface area contributed by atoms with Crippen molar-refractivity contribution in [1.82, 2.24) is 0 Å². The second-order valence-corrected chi connectivity index (χ2v) is 4.44. The first kappa shape index (κ1) is 8.42. The van der Waals surface area contributed by atoms with Crippen LogP contribution < -0.4 is 0 Å². The molecule has 0 atom stereocenters. The van der Waals surface area contributed by atoms with Gasteiger partial charge in [-0.25, -0.2) is 8.78 Å². The predicted octanol–water partition coefficient (Wildman–Crippen LogP) is 2.34. The summed E-state index contributed by atoms with van der Waals surface area (Å²) in [7, 11) is 0. The lowest BCUT2D eigenvalue weighted by Crippen LogP contribution is -2.48. The molecule has 0 aromatic rings. The van der Waals surface area contributed by atoms with E-state index in [4.69, 9.17) is 0 Å². The van der Waals surface area contributed by atoms with Gasteiger partial charge in [-0.15, -0.1) is 0 Å². The fourth-order valence-corrected chi connectivity index (χ4v) is 2.61. The SMILES string of the molecule is OC1CCC2(CC1)CC(F)(F)C2. The van der Waals surface area contributed by atoms with Crippen LogP contribution in [0.3, 0.4) is 0 Å². The van der Waals surface area contributed by atoms with Crippen molar-refractivity contribution in [1.29, 1.82) is 0 Å². The molecule has 0 amide bonds. The fourth-order valence-electron chi connectivity index (χ4n) is 2.61. The van der Waals surface area contributed by atoms with Crippen LogP contribution in [0.4, 0.5) is 8.78 Å². The maximum Gasteiger partial charge on any atom is 0.249 e. The second kappa shape index (κ2) is 2.41. The van der Waals surface area contributed by atoms with Gasteiger partial charge in [0.25, 0.3) is 0 Å². The fraction of sp³-hybridized carbons (Fsp3) is 1.00. The molecule has 0 heterocycles. The first-order valence-corrected chi connectivity index (χ1v) is 4.57. The Morgan fingerprint density at radius 1 is 1.08 bits per heavy atom. The molecule has 2 fully saturated rings. The highest BCUT2D eigenvalue weighted by molar-refractivity contribution is 5.00. The van der Waals surface area contributed by atoms with Gasteiger partial charge in [-0.3, -0.25) is 0 Å². The number of hydrogen-bond donors (Lipinski definition) is 1. The van der Waals surface area contributed by atoms with E-state index in [-0.39, 0.29) is 24.4 Å². The Kier molecular flexibility index (Phi) is 1.69. The van der Waals surface area contributed by atoms with Crippen LogP contribution in [-0.4, -0.2) is 17.1 Å². The van der Waals surface area contributed by atoms with Gasteiger partial charge in [0.15, 0.2) is 0 Å². The van der Waals surface area contributed by atoms with Crippen molar-refractivity contribution in [2.45, 2.75) is 50.6 Å². The molecule has 2 saturated carbocycles. The first-order chi connectivity index (χ1) is 5.52. The van der Waals surface area contributed by atoms with E-state index < -0.39 is 5.92 Å². The molecule has 0 aliphatic heterocycles. The maximum atomic E-state index is 12.6. The highest BCUT2D eigenvalue weighted by Gasteiger charge is 2.56. The summed E-state index contributed by atoms with van der Waals surface area (Å²) in [6, 6.07) is 0. The molecular formula is C9H14F2O. The van der Waals surface area contributed by atoms with E-state index in [1.165, 1.54) is 0 Å². The molecule has 0 radical (unpaired) electrons. The first-order valence-electron chi connectivity index (χ1n) is 4.57. The average Bonchev–Trinajstić information content (AvgIpc) is 1.91. The van der Waals surface area contributed by atoms with Gasteiger partial charge in [-0.1, -0.05) is 0 Å². The standard InChI is InChI=1S/C9H14F2O/c10-9(11)5-8(6-9)3-1-7(12)2-4-8/h7,12H,1-6H2. The van der Waals surface area contributed by atoms with Crippen molar-refractivity contribution in [2.24, 2.45) is 5.41 Å². The van der Waals surface area contributed by atoms with E-state index in [0.717, 1.165) is 25.7 Å². The number of hydrogen-bond acceptors (Lipinski definition) is 1. The van der Waals surface area contributed by atoms with Crippen LogP contribution in [0, 0.1) is 5.41 Å². The summed E-state index contributed by atoms with van der Waals surface area (Å²) in [4.78, 5) is 0. The molecule has 1 N–H and O–H groups in total. The third-order valence-electron chi connectivity index (χ3n) is 3.28. The molecule has 0 aromatic heterocycles. The molecule has 0 aromatic carbocycles. The van der Waals surface area contributed by atoms with Crippen LogP contribution in [0.25, 0.3) is 0 Å². The number of alkyl halides is 2. The number of aliphatic hydroxyl groups excluding tert-OH is 1. The maximum absolute atomic E-state index is 12.6. The zero-order valence-corrected chi connectivity index (χ0v) is 7.02. The molecule has 1 spiro atoms. The van der Waals surface area contributed by atoms with Crippen molar-refractivity contribution in [2.75, 3.05) is 0 Å². The molecule has 2 aliphatic rings. The van der Waals surface area contributed by atoms with Crippen LogP contribution in [0.2, 0.25) is 0 Å². The molecule has 70 valence electrons. The minimum absolute atomic E-state index is 0.0622. The Bertz CT molecular complexity index is 173. The highest BCUT2D eigenvalue weighted by Crippen LogP contribution is 2.58. The molecule has 2 rings (SSSR count). The summed E-state index contributed by atoms with van der Waals surface area (Å²) < 4.78 is 25.2. The van der Waals surface area contributed by atoms with Crippen molar-refractivity contribution in [3.8, 4) is 0 Å². The third-order valence-corrected chi connectivity index (χ3v) is 3.28. The molecule has 1 nitrogen and oxygen atoms in total. The van der Waals surface area contributed by atoms with Crippen LogP contribution in [-0.2, 0) is 0 Å². The zero-order valence-electron chi connectivity index (χ0n) is 7.02. The Morgan fingerprint density at radius 2 is 1.58 bits per heavy atom. The normalized spacial score (nSPS) is 33.2. The van der Waals surface area contributed by atoms with Crippen molar-refractivity contribution < 1.29 is 13.9 Å². The van der Waals surface area contributed by atoms with Gasteiger partial charge < -0.3 is 5.11 Å². The van der Waals surface area contributed by atoms with E-state index in [2.05, 4.69) is 0 Å². The summed E-state index contributed by atoms with van der Waals surface area (Å²) in [6.45, 7) is 0. The summed E-state index contributed by atoms with van der Waals surface area (Å²) in [5.41, 5.74) is -0.0945. The minimum atomic E-state index is -2.40. The van der Waals surface area contributed by atoms with E-state index in [1.54, 1.807) is 0 Å². The monoisotopic (exact) mass is 176 g/mol. The smallest absolute Gasteiger partial charge is 0.249 e. The Balaban J connectivity index is 1.91. The zero-order chi connectivity index (χ0) is 8.82. The number of aliphatic hydroxyl groups is 1. The summed E-state index contributed by atoms with van der Waals surface area (Å²) >= 11 is 0. The van der Waals surface area contributed by atoms with Crippen molar-refractivity contribution in [3.63, 3.8) is 0 Å². The van der Waals surface area contributed by atoms with Crippen LogP contribution in [0.5, 0.6) is 0 Å². The molecule has 0 saturated heterocycles. The van der Waals surface area contributed by atoms with Gasteiger partial charge in [-0.2, -0.15) is 0 Å². The van der Waals surface area contributed by atoms with E-state index in [0.29, 0.717) is 0 Å². The molecular weight excluding hydrogens is 162 g/mol. The molecule has 12 heavy (non-hydrogen) atoms. The Morgan fingerprint density at radius 3 is 2.00 bits per heavy atom. The molecule has 0 unspecified atom stereocenters. The van der Waals surface area contributed by atoms with Crippen LogP contribution in [0.15, 0.2) is 0 Å². The molecule has 3 heteroatoms. The summed E-state index contributed by atoms with van der Waals surface area (Å²) in [5, 5.41) is 9.20. The second-order valence-electron chi connectivity index (χ2n) is 4.44. The topological polar surface area (TPSA) is 20.2 Å². The summed E-state index contributed by atoms with van der Waals surface area (Å²) in [6.07, 6.45) is 2.92. The minimum Gasteiger partial charge on any atom is -0.393 e. The van der Waals surface area contributed by atoms with Gasteiger partial charge in [-0.05, 0) is 31.1 Å². The lowest BCUT2D eigenvalue weighted by atomic mass is 9.58. The third kappa shape index (κ3) is 1.35. The van der Waals surface area contributed by atoms with E-state index >= 15 is 0 Å².